The van der Waals surface area contributed by atoms with Crippen molar-refractivity contribution in [3.8, 4) is 5.82 Å². The first kappa shape index (κ1) is 25.7. The van der Waals surface area contributed by atoms with E-state index in [2.05, 4.69) is 44.3 Å². The highest BCUT2D eigenvalue weighted by molar-refractivity contribution is 6.32. The summed E-state index contributed by atoms with van der Waals surface area (Å²) in [6, 6.07) is 6.34. The van der Waals surface area contributed by atoms with Crippen LogP contribution in [0.2, 0.25) is 5.02 Å². The number of alkyl halides is 3. The molecule has 12 heteroatoms. The number of hydrogen-bond donors (Lipinski definition) is 4. The maximum Gasteiger partial charge on any atom is 0.431 e. The Hall–Kier alpha value is -4.38. The molecule has 0 fully saturated rings. The first-order valence-electron chi connectivity index (χ1n) is 11.0. The monoisotopic (exact) mass is 526 g/mol. The number of anilines is 2. The molecular weight excluding hydrogens is 505 g/mol. The lowest BCUT2D eigenvalue weighted by Gasteiger charge is -2.23. The Morgan fingerprint density at radius 1 is 1.27 bits per heavy atom. The maximum atomic E-state index is 14.2. The number of pyridine rings is 1. The Morgan fingerprint density at radius 2 is 2.05 bits per heavy atom. The molecule has 0 aliphatic carbocycles. The van der Waals surface area contributed by atoms with Gasteiger partial charge in [0.05, 0.1) is 28.8 Å². The second kappa shape index (κ2) is 10.3. The third kappa shape index (κ3) is 5.41. The molecule has 8 nitrogen and oxygen atoms in total. The van der Waals surface area contributed by atoms with Gasteiger partial charge >= 0.3 is 6.18 Å². The normalized spacial score (nSPS) is 13.4. The van der Waals surface area contributed by atoms with Crippen LogP contribution in [-0.2, 0) is 6.42 Å². The summed E-state index contributed by atoms with van der Waals surface area (Å²) >= 11 is 6.33. The summed E-state index contributed by atoms with van der Waals surface area (Å²) in [5.74, 6) is 0.260. The van der Waals surface area contributed by atoms with Gasteiger partial charge in [-0.1, -0.05) is 43.8 Å². The predicted octanol–water partition coefficient (Wildman–Crippen LogP) is 5.93. The average Bonchev–Trinajstić information content (AvgIpc) is 3.33. The third-order valence-electron chi connectivity index (χ3n) is 5.43. The van der Waals surface area contributed by atoms with Crippen LogP contribution in [0.1, 0.15) is 23.7 Å². The SMILES string of the molecule is C=C(Nc1cnc(-n2ncc(CC)n2)c(Cl)c1)/C(C=N)=C(/Nc1cccc2c1C=CNC2=C)C(F)(F)F. The lowest BCUT2D eigenvalue weighted by molar-refractivity contribution is -0.0906. The zero-order chi connectivity index (χ0) is 26.7. The number of halogens is 4. The van der Waals surface area contributed by atoms with E-state index in [4.69, 9.17) is 17.0 Å². The topological polar surface area (TPSA) is 104 Å². The number of nitrogens with one attached hydrogen (secondary N) is 4. The van der Waals surface area contributed by atoms with Gasteiger partial charge in [-0.2, -0.15) is 23.4 Å². The van der Waals surface area contributed by atoms with Crippen LogP contribution in [0.15, 0.2) is 73.0 Å². The van der Waals surface area contributed by atoms with Crippen molar-refractivity contribution >= 4 is 41.0 Å². The van der Waals surface area contributed by atoms with Gasteiger partial charge < -0.3 is 21.4 Å². The van der Waals surface area contributed by atoms with Gasteiger partial charge in [-0.15, -0.1) is 4.80 Å². The highest BCUT2D eigenvalue weighted by atomic mass is 35.5. The Labute approximate surface area is 215 Å². The molecule has 190 valence electrons. The van der Waals surface area contributed by atoms with E-state index in [-0.39, 0.29) is 27.9 Å². The van der Waals surface area contributed by atoms with Crippen molar-refractivity contribution in [1.82, 2.24) is 25.3 Å². The minimum absolute atomic E-state index is 0.169. The van der Waals surface area contributed by atoms with Crippen molar-refractivity contribution < 1.29 is 13.2 Å². The molecule has 0 unspecified atom stereocenters. The van der Waals surface area contributed by atoms with Crippen molar-refractivity contribution in [2.24, 2.45) is 0 Å². The summed E-state index contributed by atoms with van der Waals surface area (Å²) in [5, 5.41) is 24.4. The molecule has 4 N–H and O–H groups in total. The van der Waals surface area contributed by atoms with Crippen molar-refractivity contribution in [3.63, 3.8) is 0 Å². The molecule has 1 aliphatic heterocycles. The van der Waals surface area contributed by atoms with Gasteiger partial charge in [-0.05, 0) is 24.6 Å². The van der Waals surface area contributed by atoms with Crippen molar-refractivity contribution in [3.05, 3.63) is 94.8 Å². The zero-order valence-electron chi connectivity index (χ0n) is 19.6. The van der Waals surface area contributed by atoms with E-state index in [0.29, 0.717) is 29.5 Å². The van der Waals surface area contributed by atoms with Crippen LogP contribution in [0, 0.1) is 5.41 Å². The fraction of sp³-hybridized carbons (Fsp3) is 0.120. The molecule has 1 aliphatic rings. The molecule has 4 rings (SSSR count). The lowest BCUT2D eigenvalue weighted by Crippen LogP contribution is -2.24. The highest BCUT2D eigenvalue weighted by Gasteiger charge is 2.37. The molecule has 1 aromatic carbocycles. The number of hydrogen-bond acceptors (Lipinski definition) is 7. The fourth-order valence-corrected chi connectivity index (χ4v) is 3.84. The number of nitrogens with zero attached hydrogens (tertiary/aromatic N) is 4. The van der Waals surface area contributed by atoms with E-state index in [1.165, 1.54) is 23.1 Å². The Balaban J connectivity index is 1.65. The van der Waals surface area contributed by atoms with E-state index in [0.717, 1.165) is 5.69 Å². The summed E-state index contributed by atoms with van der Waals surface area (Å²) in [5.41, 5.74) is 1.11. The first-order valence-corrected chi connectivity index (χ1v) is 11.4. The summed E-state index contributed by atoms with van der Waals surface area (Å²) < 4.78 is 42.6. The smallest absolute Gasteiger partial charge is 0.362 e. The van der Waals surface area contributed by atoms with E-state index >= 15 is 0 Å². The Kier molecular flexibility index (Phi) is 7.16. The summed E-state index contributed by atoms with van der Waals surface area (Å²) in [6.45, 7) is 9.53. The van der Waals surface area contributed by atoms with Crippen LogP contribution in [0.4, 0.5) is 24.5 Å². The fourth-order valence-electron chi connectivity index (χ4n) is 3.60. The van der Waals surface area contributed by atoms with Crippen molar-refractivity contribution in [2.75, 3.05) is 10.6 Å². The third-order valence-corrected chi connectivity index (χ3v) is 5.71. The van der Waals surface area contributed by atoms with Gasteiger partial charge in [0.25, 0.3) is 0 Å². The highest BCUT2D eigenvalue weighted by Crippen LogP contribution is 2.35. The minimum atomic E-state index is -4.82. The molecule has 0 saturated heterocycles. The quantitative estimate of drug-likeness (QED) is 0.214. The Bertz CT molecular complexity index is 1450. The molecule has 0 saturated carbocycles. The standard InChI is InChI=1S/C25H22ClF3N8/c1-4-16-13-33-37(36-16)24-21(26)10-17(12-32-24)34-15(3)20(11-30)23(25(27,28)29)35-22-7-5-6-18-14(2)31-9-8-19(18)22/h5-13,30-31,34-35H,2-4H2,1H3/b23-20+,30-11?. The van der Waals surface area contributed by atoms with Gasteiger partial charge in [0.2, 0.25) is 0 Å². The van der Waals surface area contributed by atoms with Crippen LogP contribution < -0.4 is 16.0 Å². The van der Waals surface area contributed by atoms with Crippen LogP contribution in [0.5, 0.6) is 0 Å². The maximum absolute atomic E-state index is 14.2. The number of fused-ring (bicyclic) bond motifs is 1. The molecule has 0 spiro atoms. The van der Waals surface area contributed by atoms with Crippen molar-refractivity contribution in [2.45, 2.75) is 19.5 Å². The molecule has 2 aromatic heterocycles. The van der Waals surface area contributed by atoms with Gasteiger partial charge in [0, 0.05) is 46.2 Å². The average molecular weight is 527 g/mol. The zero-order valence-corrected chi connectivity index (χ0v) is 20.4. The van der Waals surface area contributed by atoms with Crippen LogP contribution in [0.25, 0.3) is 17.6 Å². The molecular formula is C25H22ClF3N8. The molecule has 0 amide bonds. The molecule has 3 heterocycles. The summed E-state index contributed by atoms with van der Waals surface area (Å²) in [7, 11) is 0. The van der Waals surface area contributed by atoms with Gasteiger partial charge in [0.1, 0.15) is 5.70 Å². The Morgan fingerprint density at radius 3 is 2.70 bits per heavy atom. The second-order valence-corrected chi connectivity index (χ2v) is 8.30. The van der Waals surface area contributed by atoms with Crippen LogP contribution in [-0.4, -0.2) is 32.4 Å². The molecule has 3 aromatic rings. The van der Waals surface area contributed by atoms with Gasteiger partial charge in [-0.25, -0.2) is 4.98 Å². The van der Waals surface area contributed by atoms with Gasteiger partial charge in [0.15, 0.2) is 5.82 Å². The second-order valence-electron chi connectivity index (χ2n) is 7.89. The summed E-state index contributed by atoms with van der Waals surface area (Å²) in [6.07, 6.45) is 2.62. The van der Waals surface area contributed by atoms with E-state index < -0.39 is 17.4 Å². The van der Waals surface area contributed by atoms with E-state index in [9.17, 15) is 13.2 Å². The molecule has 0 atom stereocenters. The summed E-state index contributed by atoms with van der Waals surface area (Å²) in [4.78, 5) is 5.49. The van der Waals surface area contributed by atoms with E-state index in [1.807, 2.05) is 6.92 Å². The number of benzene rings is 1. The molecule has 0 radical (unpaired) electrons. The largest absolute Gasteiger partial charge is 0.431 e. The number of rotatable bonds is 8. The van der Waals surface area contributed by atoms with Crippen LogP contribution in [0.3, 0.4) is 0 Å². The number of allylic oxidation sites excluding steroid dienone is 2. The lowest BCUT2D eigenvalue weighted by atomic mass is 10.00. The number of aryl methyl sites for hydroxylation is 1. The first-order chi connectivity index (χ1) is 17.6. The van der Waals surface area contributed by atoms with Crippen molar-refractivity contribution in [1.29, 1.82) is 5.41 Å². The molecule has 0 bridgehead atoms. The molecule has 37 heavy (non-hydrogen) atoms. The van der Waals surface area contributed by atoms with Gasteiger partial charge in [-0.3, -0.25) is 0 Å². The van der Waals surface area contributed by atoms with E-state index in [1.54, 1.807) is 30.6 Å². The predicted molar refractivity (Wildman–Crippen MR) is 139 cm³/mol. The number of aromatic nitrogens is 4. The minimum Gasteiger partial charge on any atom is -0.362 e. The van der Waals surface area contributed by atoms with Crippen LogP contribution >= 0.6 is 11.6 Å².